The number of rotatable bonds is 3. The first kappa shape index (κ1) is 15.7. The van der Waals surface area contributed by atoms with Gasteiger partial charge in [0.1, 0.15) is 0 Å². The molecule has 24 heavy (non-hydrogen) atoms. The number of nitrogens with zero attached hydrogens (tertiary/aromatic N) is 1. The van der Waals surface area contributed by atoms with Crippen molar-refractivity contribution in [1.29, 1.82) is 0 Å². The maximum atomic E-state index is 12.8. The van der Waals surface area contributed by atoms with Crippen molar-refractivity contribution < 1.29 is 14.6 Å². The highest BCUT2D eigenvalue weighted by molar-refractivity contribution is 5.98. The number of hydrogen-bond donors (Lipinski definition) is 2. The molecule has 5 heteroatoms. The van der Waals surface area contributed by atoms with Crippen LogP contribution in [0.2, 0.25) is 0 Å². The minimum Gasteiger partial charge on any atom is -0.392 e. The van der Waals surface area contributed by atoms with Crippen LogP contribution in [0.3, 0.4) is 0 Å². The van der Waals surface area contributed by atoms with Gasteiger partial charge in [0.25, 0.3) is 5.91 Å². The van der Waals surface area contributed by atoms with Gasteiger partial charge in [-0.1, -0.05) is 0 Å². The third-order valence-electron chi connectivity index (χ3n) is 5.89. The molecule has 0 radical (unpaired) electrons. The lowest BCUT2D eigenvalue weighted by Gasteiger charge is -2.56. The molecule has 0 unspecified atom stereocenters. The number of aliphatic hydroxyl groups is 1. The first-order valence-corrected chi connectivity index (χ1v) is 8.80. The van der Waals surface area contributed by atoms with Crippen molar-refractivity contribution in [2.45, 2.75) is 38.4 Å². The van der Waals surface area contributed by atoms with Crippen LogP contribution in [0.25, 0.3) is 10.9 Å². The number of H-pyrrole nitrogens is 1. The molecule has 1 amide bonds. The van der Waals surface area contributed by atoms with Gasteiger partial charge in [-0.2, -0.15) is 0 Å². The summed E-state index contributed by atoms with van der Waals surface area (Å²) in [7, 11) is 0. The van der Waals surface area contributed by atoms with E-state index in [9.17, 15) is 9.90 Å². The number of likely N-dealkylation sites (tertiary alicyclic amines) is 1. The quantitative estimate of drug-likeness (QED) is 0.910. The zero-order chi connectivity index (χ0) is 16.7. The predicted octanol–water partition coefficient (Wildman–Crippen LogP) is 2.56. The number of carbonyl (C=O) groups is 1. The molecular formula is C19H24N2O3. The van der Waals surface area contributed by atoms with E-state index in [-0.39, 0.29) is 23.5 Å². The number of hydrogen-bond acceptors (Lipinski definition) is 3. The van der Waals surface area contributed by atoms with Crippen molar-refractivity contribution in [2.24, 2.45) is 5.41 Å². The molecule has 0 bridgehead atoms. The number of aliphatic hydroxyl groups excluding tert-OH is 1. The molecule has 1 spiro atoms. The van der Waals surface area contributed by atoms with E-state index in [2.05, 4.69) is 4.98 Å². The van der Waals surface area contributed by atoms with Crippen molar-refractivity contribution >= 4 is 16.8 Å². The third kappa shape index (κ3) is 2.34. The molecule has 5 nitrogen and oxygen atoms in total. The molecule has 2 aromatic rings. The van der Waals surface area contributed by atoms with E-state index >= 15 is 0 Å². The maximum absolute atomic E-state index is 12.8. The average Bonchev–Trinajstić information content (AvgIpc) is 3.09. The molecule has 1 saturated heterocycles. The molecule has 2 N–H and O–H groups in total. The van der Waals surface area contributed by atoms with Crippen LogP contribution in [0.1, 0.15) is 36.5 Å². The summed E-state index contributed by atoms with van der Waals surface area (Å²) in [5.41, 5.74) is 1.63. The Hall–Kier alpha value is -1.85. The highest BCUT2D eigenvalue weighted by atomic mass is 16.5. The van der Waals surface area contributed by atoms with Gasteiger partial charge in [0.05, 0.1) is 12.2 Å². The number of benzene rings is 1. The van der Waals surface area contributed by atoms with Crippen LogP contribution in [0.4, 0.5) is 0 Å². The Morgan fingerprint density at radius 3 is 2.88 bits per heavy atom. The molecule has 1 aliphatic heterocycles. The smallest absolute Gasteiger partial charge is 0.253 e. The lowest BCUT2D eigenvalue weighted by molar-refractivity contribution is -0.207. The second kappa shape index (κ2) is 5.90. The zero-order valence-corrected chi connectivity index (χ0v) is 14.0. The fourth-order valence-electron chi connectivity index (χ4n) is 4.31. The summed E-state index contributed by atoms with van der Waals surface area (Å²) >= 11 is 0. The van der Waals surface area contributed by atoms with Crippen molar-refractivity contribution in [2.75, 3.05) is 19.7 Å². The van der Waals surface area contributed by atoms with Crippen LogP contribution in [0, 0.1) is 5.41 Å². The fraction of sp³-hybridized carbons (Fsp3) is 0.526. The third-order valence-corrected chi connectivity index (χ3v) is 5.89. The van der Waals surface area contributed by atoms with Gasteiger partial charge < -0.3 is 19.7 Å². The monoisotopic (exact) mass is 328 g/mol. The van der Waals surface area contributed by atoms with Gasteiger partial charge in [0.15, 0.2) is 0 Å². The molecule has 4 rings (SSSR count). The summed E-state index contributed by atoms with van der Waals surface area (Å²) < 4.78 is 5.79. The van der Waals surface area contributed by atoms with E-state index < -0.39 is 0 Å². The molecule has 2 heterocycles. The Morgan fingerprint density at radius 2 is 2.17 bits per heavy atom. The van der Waals surface area contributed by atoms with Crippen LogP contribution in [-0.4, -0.2) is 52.8 Å². The van der Waals surface area contributed by atoms with E-state index in [1.807, 2.05) is 42.3 Å². The first-order chi connectivity index (χ1) is 11.6. The van der Waals surface area contributed by atoms with E-state index in [0.717, 1.165) is 35.7 Å². The van der Waals surface area contributed by atoms with Gasteiger partial charge in [-0.05, 0) is 44.0 Å². The Bertz CT molecular complexity index is 744. The summed E-state index contributed by atoms with van der Waals surface area (Å²) in [6.45, 7) is 4.04. The van der Waals surface area contributed by atoms with Gasteiger partial charge >= 0.3 is 0 Å². The molecule has 2 atom stereocenters. The Balaban J connectivity index is 1.46. The summed E-state index contributed by atoms with van der Waals surface area (Å²) in [5.74, 6) is 0.0784. The highest BCUT2D eigenvalue weighted by Gasteiger charge is 2.56. The summed E-state index contributed by atoms with van der Waals surface area (Å²) in [5, 5.41) is 11.3. The lowest BCUT2D eigenvalue weighted by Crippen LogP contribution is -2.62. The average molecular weight is 328 g/mol. The fourth-order valence-corrected chi connectivity index (χ4v) is 4.31. The molecule has 1 saturated carbocycles. The molecule has 128 valence electrons. The number of carbonyl (C=O) groups excluding carboxylic acids is 1. The van der Waals surface area contributed by atoms with Crippen molar-refractivity contribution in [3.63, 3.8) is 0 Å². The van der Waals surface area contributed by atoms with Crippen molar-refractivity contribution in [3.8, 4) is 0 Å². The van der Waals surface area contributed by atoms with Gasteiger partial charge in [-0.15, -0.1) is 0 Å². The number of fused-ring (bicyclic) bond motifs is 1. The number of ether oxygens (including phenoxy) is 1. The normalized spacial score (nSPS) is 25.8. The number of aromatic nitrogens is 1. The predicted molar refractivity (Wildman–Crippen MR) is 91.9 cm³/mol. The lowest BCUT2D eigenvalue weighted by atomic mass is 9.58. The molecule has 2 aliphatic rings. The van der Waals surface area contributed by atoms with Crippen molar-refractivity contribution in [1.82, 2.24) is 9.88 Å². The molecule has 1 aromatic carbocycles. The molecule has 1 aliphatic carbocycles. The second-order valence-corrected chi connectivity index (χ2v) is 7.00. The largest absolute Gasteiger partial charge is 0.392 e. The SMILES string of the molecule is CCO[C@H]1C[C@@H](O)C12CCN(C(=O)c1ccc3[nH]ccc3c1)CC2. The Labute approximate surface area is 141 Å². The molecule has 2 fully saturated rings. The van der Waals surface area contributed by atoms with Gasteiger partial charge in [0.2, 0.25) is 0 Å². The summed E-state index contributed by atoms with van der Waals surface area (Å²) in [6, 6.07) is 7.76. The Morgan fingerprint density at radius 1 is 1.38 bits per heavy atom. The number of nitrogens with one attached hydrogen (secondary N) is 1. The van der Waals surface area contributed by atoms with E-state index in [1.165, 1.54) is 0 Å². The van der Waals surface area contributed by atoms with E-state index in [1.54, 1.807) is 0 Å². The van der Waals surface area contributed by atoms with Crippen LogP contribution in [-0.2, 0) is 4.74 Å². The minimum atomic E-state index is -0.289. The highest BCUT2D eigenvalue weighted by Crippen LogP contribution is 2.51. The van der Waals surface area contributed by atoms with Crippen LogP contribution < -0.4 is 0 Å². The van der Waals surface area contributed by atoms with E-state index in [4.69, 9.17) is 4.74 Å². The number of piperidine rings is 1. The minimum absolute atomic E-state index is 0.0784. The van der Waals surface area contributed by atoms with Gasteiger partial charge in [0, 0.05) is 54.2 Å². The van der Waals surface area contributed by atoms with Crippen LogP contribution >= 0.6 is 0 Å². The maximum Gasteiger partial charge on any atom is 0.253 e. The summed E-state index contributed by atoms with van der Waals surface area (Å²) in [6.07, 6.45) is 4.10. The molecule has 1 aromatic heterocycles. The van der Waals surface area contributed by atoms with Crippen LogP contribution in [0.5, 0.6) is 0 Å². The second-order valence-electron chi connectivity index (χ2n) is 7.00. The number of amides is 1. The van der Waals surface area contributed by atoms with E-state index in [0.29, 0.717) is 19.7 Å². The zero-order valence-electron chi connectivity index (χ0n) is 14.0. The van der Waals surface area contributed by atoms with Crippen LogP contribution in [0.15, 0.2) is 30.5 Å². The van der Waals surface area contributed by atoms with Crippen molar-refractivity contribution in [3.05, 3.63) is 36.0 Å². The number of aromatic amines is 1. The van der Waals surface area contributed by atoms with Gasteiger partial charge in [-0.3, -0.25) is 4.79 Å². The Kier molecular flexibility index (Phi) is 3.85. The standard InChI is InChI=1S/C19H24N2O3/c1-2-24-17-12-16(22)19(17)6-9-21(10-7-19)18(23)14-3-4-15-13(11-14)5-8-20-15/h3-5,8,11,16-17,20,22H,2,6-7,9-10,12H2,1H3/t16-,17+/m1/s1. The molecular weight excluding hydrogens is 304 g/mol. The topological polar surface area (TPSA) is 65.6 Å². The first-order valence-electron chi connectivity index (χ1n) is 8.80. The van der Waals surface area contributed by atoms with Gasteiger partial charge in [-0.25, -0.2) is 0 Å². The summed E-state index contributed by atoms with van der Waals surface area (Å²) in [4.78, 5) is 17.8.